The summed E-state index contributed by atoms with van der Waals surface area (Å²) < 4.78 is 18.8. The molecular formula is C12H16FN3O3. The highest BCUT2D eigenvalue weighted by Gasteiger charge is 2.13. The summed E-state index contributed by atoms with van der Waals surface area (Å²) in [5, 5.41) is 13.7. The lowest BCUT2D eigenvalue weighted by molar-refractivity contribution is -0.385. The normalized spacial score (nSPS) is 16.3. The van der Waals surface area contributed by atoms with Crippen molar-refractivity contribution in [1.82, 2.24) is 10.2 Å². The average Bonchev–Trinajstić information content (AvgIpc) is 2.41. The van der Waals surface area contributed by atoms with Crippen molar-refractivity contribution in [2.75, 3.05) is 39.3 Å². The summed E-state index contributed by atoms with van der Waals surface area (Å²) in [7, 11) is 0. The molecule has 0 amide bonds. The van der Waals surface area contributed by atoms with Gasteiger partial charge >= 0.3 is 0 Å². The molecule has 0 radical (unpaired) electrons. The van der Waals surface area contributed by atoms with E-state index in [0.29, 0.717) is 6.61 Å². The molecule has 7 heteroatoms. The number of non-ortho nitro benzene ring substituents is 1. The fourth-order valence-electron chi connectivity index (χ4n) is 1.94. The van der Waals surface area contributed by atoms with Crippen LogP contribution in [0.4, 0.5) is 10.1 Å². The van der Waals surface area contributed by atoms with Gasteiger partial charge in [-0.2, -0.15) is 0 Å². The van der Waals surface area contributed by atoms with Gasteiger partial charge in [-0.25, -0.2) is 4.39 Å². The van der Waals surface area contributed by atoms with Gasteiger partial charge in [-0.3, -0.25) is 15.0 Å². The summed E-state index contributed by atoms with van der Waals surface area (Å²) in [4.78, 5) is 12.1. The average molecular weight is 269 g/mol. The number of halogens is 1. The van der Waals surface area contributed by atoms with Crippen LogP contribution in [-0.2, 0) is 0 Å². The molecule has 2 rings (SSSR count). The lowest BCUT2D eigenvalue weighted by Gasteiger charge is -2.26. The van der Waals surface area contributed by atoms with Gasteiger partial charge in [0.2, 0.25) is 0 Å². The van der Waals surface area contributed by atoms with Crippen LogP contribution in [0.25, 0.3) is 0 Å². The van der Waals surface area contributed by atoms with E-state index in [9.17, 15) is 14.5 Å². The van der Waals surface area contributed by atoms with Crippen LogP contribution in [0.5, 0.6) is 5.75 Å². The van der Waals surface area contributed by atoms with Gasteiger partial charge in [0, 0.05) is 38.8 Å². The van der Waals surface area contributed by atoms with Gasteiger partial charge in [0.1, 0.15) is 6.61 Å². The van der Waals surface area contributed by atoms with E-state index >= 15 is 0 Å². The number of hydrogen-bond acceptors (Lipinski definition) is 5. The maximum atomic E-state index is 13.5. The van der Waals surface area contributed by atoms with Crippen molar-refractivity contribution < 1.29 is 14.1 Å². The van der Waals surface area contributed by atoms with Crippen LogP contribution in [-0.4, -0.2) is 49.2 Å². The highest BCUT2D eigenvalue weighted by molar-refractivity contribution is 5.37. The standard InChI is InChI=1S/C12H16FN3O3/c13-11-9-10(16(17)18)1-2-12(11)19-8-7-15-5-3-14-4-6-15/h1-2,9,14H,3-8H2. The quantitative estimate of drug-likeness (QED) is 0.638. The van der Waals surface area contributed by atoms with Crippen LogP contribution in [0.2, 0.25) is 0 Å². The summed E-state index contributed by atoms with van der Waals surface area (Å²) in [5.41, 5.74) is -0.271. The van der Waals surface area contributed by atoms with Crippen LogP contribution in [0, 0.1) is 15.9 Å². The Kier molecular flexibility index (Phi) is 4.64. The summed E-state index contributed by atoms with van der Waals surface area (Å²) in [5.74, 6) is -0.643. The first-order valence-electron chi connectivity index (χ1n) is 6.16. The van der Waals surface area contributed by atoms with E-state index in [1.807, 2.05) is 0 Å². The third-order valence-electron chi connectivity index (χ3n) is 3.00. The third-order valence-corrected chi connectivity index (χ3v) is 3.00. The first-order valence-corrected chi connectivity index (χ1v) is 6.16. The number of nitrogens with one attached hydrogen (secondary N) is 1. The van der Waals surface area contributed by atoms with Crippen molar-refractivity contribution in [2.24, 2.45) is 0 Å². The topological polar surface area (TPSA) is 67.6 Å². The number of nitro groups is 1. The molecule has 19 heavy (non-hydrogen) atoms. The van der Waals surface area contributed by atoms with E-state index in [2.05, 4.69) is 10.2 Å². The van der Waals surface area contributed by atoms with E-state index in [4.69, 9.17) is 4.74 Å². The molecule has 0 unspecified atom stereocenters. The zero-order chi connectivity index (χ0) is 13.7. The smallest absolute Gasteiger partial charge is 0.272 e. The Hall–Kier alpha value is -1.73. The first-order chi connectivity index (χ1) is 9.16. The van der Waals surface area contributed by atoms with Crippen molar-refractivity contribution in [3.05, 3.63) is 34.1 Å². The fraction of sp³-hybridized carbons (Fsp3) is 0.500. The second-order valence-corrected chi connectivity index (χ2v) is 4.31. The minimum Gasteiger partial charge on any atom is -0.489 e. The number of rotatable bonds is 5. The Morgan fingerprint density at radius 1 is 1.42 bits per heavy atom. The van der Waals surface area contributed by atoms with Crippen molar-refractivity contribution >= 4 is 5.69 Å². The van der Waals surface area contributed by atoms with Crippen molar-refractivity contribution in [3.63, 3.8) is 0 Å². The minimum absolute atomic E-state index is 0.0562. The molecule has 6 nitrogen and oxygen atoms in total. The van der Waals surface area contributed by atoms with Crippen molar-refractivity contribution in [1.29, 1.82) is 0 Å². The molecule has 0 saturated carbocycles. The predicted octanol–water partition coefficient (Wildman–Crippen LogP) is 1.02. The van der Waals surface area contributed by atoms with Gasteiger partial charge in [0.05, 0.1) is 11.0 Å². The lowest BCUT2D eigenvalue weighted by Crippen LogP contribution is -2.44. The zero-order valence-electron chi connectivity index (χ0n) is 10.5. The fourth-order valence-corrected chi connectivity index (χ4v) is 1.94. The molecule has 0 bridgehead atoms. The molecule has 1 heterocycles. The highest BCUT2D eigenvalue weighted by Crippen LogP contribution is 2.22. The SMILES string of the molecule is O=[N+]([O-])c1ccc(OCCN2CCNCC2)c(F)c1. The zero-order valence-corrected chi connectivity index (χ0v) is 10.5. The molecule has 0 aromatic heterocycles. The van der Waals surface area contributed by atoms with Crippen LogP contribution < -0.4 is 10.1 Å². The minimum atomic E-state index is -0.700. The maximum absolute atomic E-state index is 13.5. The van der Waals surface area contributed by atoms with Crippen molar-refractivity contribution in [3.8, 4) is 5.75 Å². The second-order valence-electron chi connectivity index (χ2n) is 4.31. The van der Waals surface area contributed by atoms with Crippen LogP contribution in [0.1, 0.15) is 0 Å². The molecule has 1 saturated heterocycles. The summed E-state index contributed by atoms with van der Waals surface area (Å²) in [6.07, 6.45) is 0. The van der Waals surface area contributed by atoms with Gasteiger partial charge in [0.25, 0.3) is 5.69 Å². The molecule has 1 N–H and O–H groups in total. The first kappa shape index (κ1) is 13.7. The molecule has 1 aromatic carbocycles. The van der Waals surface area contributed by atoms with E-state index in [-0.39, 0.29) is 11.4 Å². The van der Waals surface area contributed by atoms with Gasteiger partial charge in [0.15, 0.2) is 11.6 Å². The Morgan fingerprint density at radius 3 is 2.79 bits per heavy atom. The number of piperazine rings is 1. The number of nitro benzene ring substituents is 1. The molecule has 1 aliphatic heterocycles. The van der Waals surface area contributed by atoms with E-state index in [1.54, 1.807) is 0 Å². The highest BCUT2D eigenvalue weighted by atomic mass is 19.1. The molecular weight excluding hydrogens is 253 g/mol. The van der Waals surface area contributed by atoms with E-state index in [1.165, 1.54) is 12.1 Å². The summed E-state index contributed by atoms with van der Waals surface area (Å²) in [6, 6.07) is 3.41. The molecule has 0 spiro atoms. The third kappa shape index (κ3) is 3.87. The Bertz CT molecular complexity index is 450. The lowest BCUT2D eigenvalue weighted by atomic mass is 10.3. The number of hydrogen-bond donors (Lipinski definition) is 1. The molecule has 1 aliphatic rings. The Balaban J connectivity index is 1.83. The Labute approximate surface area is 110 Å². The van der Waals surface area contributed by atoms with E-state index in [0.717, 1.165) is 38.8 Å². The van der Waals surface area contributed by atoms with Crippen molar-refractivity contribution in [2.45, 2.75) is 0 Å². The Morgan fingerprint density at radius 2 is 2.16 bits per heavy atom. The van der Waals surface area contributed by atoms with Gasteiger partial charge in [-0.1, -0.05) is 0 Å². The predicted molar refractivity (Wildman–Crippen MR) is 67.9 cm³/mol. The molecule has 1 fully saturated rings. The van der Waals surface area contributed by atoms with Crippen LogP contribution in [0.15, 0.2) is 18.2 Å². The molecule has 1 aromatic rings. The van der Waals surface area contributed by atoms with Crippen LogP contribution in [0.3, 0.4) is 0 Å². The summed E-state index contributed by atoms with van der Waals surface area (Å²) in [6.45, 7) is 4.89. The number of ether oxygens (including phenoxy) is 1. The summed E-state index contributed by atoms with van der Waals surface area (Å²) >= 11 is 0. The number of nitrogens with zero attached hydrogens (tertiary/aromatic N) is 2. The van der Waals surface area contributed by atoms with E-state index < -0.39 is 10.7 Å². The molecule has 0 atom stereocenters. The molecule has 0 aliphatic carbocycles. The maximum Gasteiger partial charge on any atom is 0.272 e. The molecule has 104 valence electrons. The van der Waals surface area contributed by atoms with Gasteiger partial charge in [-0.05, 0) is 6.07 Å². The largest absolute Gasteiger partial charge is 0.489 e. The van der Waals surface area contributed by atoms with Gasteiger partial charge < -0.3 is 10.1 Å². The van der Waals surface area contributed by atoms with Crippen LogP contribution >= 0.6 is 0 Å². The second kappa shape index (κ2) is 6.44. The number of benzene rings is 1. The monoisotopic (exact) mass is 269 g/mol. The van der Waals surface area contributed by atoms with Gasteiger partial charge in [-0.15, -0.1) is 0 Å².